The van der Waals surface area contributed by atoms with Crippen molar-refractivity contribution in [2.24, 2.45) is 0 Å². The zero-order valence-corrected chi connectivity index (χ0v) is 13.8. The van der Waals surface area contributed by atoms with Gasteiger partial charge in [0, 0.05) is 0 Å². The summed E-state index contributed by atoms with van der Waals surface area (Å²) in [7, 11) is 0. The van der Waals surface area contributed by atoms with Crippen LogP contribution in [0.25, 0.3) is 0 Å². The van der Waals surface area contributed by atoms with Gasteiger partial charge in [-0.2, -0.15) is 0 Å². The molecule has 0 radical (unpaired) electrons. The fraction of sp³-hybridized carbons (Fsp3) is 0.684. The highest BCUT2D eigenvalue weighted by atomic mass is 16.5. The number of benzene rings is 1. The standard InChI is InChI=1S/C19H30O3/c1-2-9-18(20)16-10-8-11-17(14-16)22-15-19(21)12-6-4-3-5-7-13-19/h8,10-11,14,18,20-21H,2-7,9,12-13,15H2,1H3. The van der Waals surface area contributed by atoms with E-state index >= 15 is 0 Å². The van der Waals surface area contributed by atoms with Crippen LogP contribution in [0.2, 0.25) is 0 Å². The van der Waals surface area contributed by atoms with Gasteiger partial charge in [-0.1, -0.05) is 57.6 Å². The third-order valence-corrected chi connectivity index (χ3v) is 4.60. The van der Waals surface area contributed by atoms with Crippen molar-refractivity contribution in [1.29, 1.82) is 0 Å². The van der Waals surface area contributed by atoms with E-state index in [2.05, 4.69) is 6.92 Å². The van der Waals surface area contributed by atoms with Gasteiger partial charge in [0.25, 0.3) is 0 Å². The van der Waals surface area contributed by atoms with E-state index in [1.807, 2.05) is 24.3 Å². The Hall–Kier alpha value is -1.06. The Labute approximate surface area is 134 Å². The molecule has 3 heteroatoms. The highest BCUT2D eigenvalue weighted by Crippen LogP contribution is 2.28. The quantitative estimate of drug-likeness (QED) is 0.820. The van der Waals surface area contributed by atoms with Crippen LogP contribution in [0.4, 0.5) is 0 Å². The smallest absolute Gasteiger partial charge is 0.119 e. The van der Waals surface area contributed by atoms with Crippen LogP contribution in [0.5, 0.6) is 5.75 Å². The summed E-state index contributed by atoms with van der Waals surface area (Å²) >= 11 is 0. The van der Waals surface area contributed by atoms with Gasteiger partial charge in [-0.15, -0.1) is 0 Å². The van der Waals surface area contributed by atoms with E-state index in [0.717, 1.165) is 49.8 Å². The molecule has 124 valence electrons. The van der Waals surface area contributed by atoms with Gasteiger partial charge < -0.3 is 14.9 Å². The normalized spacial score (nSPS) is 20.0. The SMILES string of the molecule is CCCC(O)c1cccc(OCC2(O)CCCCCCC2)c1. The van der Waals surface area contributed by atoms with Crippen LogP contribution in [-0.2, 0) is 0 Å². The van der Waals surface area contributed by atoms with Crippen LogP contribution in [0, 0.1) is 0 Å². The van der Waals surface area contributed by atoms with Crippen LogP contribution in [0.3, 0.4) is 0 Å². The molecule has 1 aliphatic carbocycles. The maximum atomic E-state index is 10.7. The summed E-state index contributed by atoms with van der Waals surface area (Å²) < 4.78 is 5.85. The lowest BCUT2D eigenvalue weighted by atomic mass is 9.88. The van der Waals surface area contributed by atoms with Gasteiger partial charge in [-0.05, 0) is 37.0 Å². The molecule has 1 aliphatic rings. The van der Waals surface area contributed by atoms with Crippen molar-refractivity contribution in [2.75, 3.05) is 6.61 Å². The van der Waals surface area contributed by atoms with Crippen LogP contribution in [0.15, 0.2) is 24.3 Å². The van der Waals surface area contributed by atoms with Gasteiger partial charge in [-0.3, -0.25) is 0 Å². The number of hydrogen-bond donors (Lipinski definition) is 2. The van der Waals surface area contributed by atoms with Gasteiger partial charge in [0.15, 0.2) is 0 Å². The molecule has 3 nitrogen and oxygen atoms in total. The zero-order valence-electron chi connectivity index (χ0n) is 13.8. The second-order valence-corrected chi connectivity index (χ2v) is 6.66. The number of rotatable bonds is 6. The molecule has 0 aliphatic heterocycles. The van der Waals surface area contributed by atoms with Gasteiger partial charge in [0.05, 0.1) is 11.7 Å². The molecule has 0 heterocycles. The number of hydrogen-bond acceptors (Lipinski definition) is 3. The van der Waals surface area contributed by atoms with Gasteiger partial charge in [-0.25, -0.2) is 0 Å². The molecule has 1 saturated carbocycles. The van der Waals surface area contributed by atoms with Crippen molar-refractivity contribution in [3.63, 3.8) is 0 Å². The van der Waals surface area contributed by atoms with E-state index in [9.17, 15) is 10.2 Å². The fourth-order valence-corrected chi connectivity index (χ4v) is 3.18. The Morgan fingerprint density at radius 2 is 1.82 bits per heavy atom. The lowest BCUT2D eigenvalue weighted by Gasteiger charge is -2.30. The molecule has 1 atom stereocenters. The maximum Gasteiger partial charge on any atom is 0.119 e. The third-order valence-electron chi connectivity index (χ3n) is 4.60. The Morgan fingerprint density at radius 3 is 2.50 bits per heavy atom. The Bertz CT molecular complexity index is 436. The minimum absolute atomic E-state index is 0.348. The Kier molecular flexibility index (Phi) is 6.71. The van der Waals surface area contributed by atoms with Crippen LogP contribution >= 0.6 is 0 Å². The lowest BCUT2D eigenvalue weighted by molar-refractivity contribution is -0.0257. The molecule has 1 aromatic rings. The second kappa shape index (κ2) is 8.54. The predicted molar refractivity (Wildman–Crippen MR) is 89.1 cm³/mol. The molecule has 0 amide bonds. The van der Waals surface area contributed by atoms with Crippen molar-refractivity contribution in [3.05, 3.63) is 29.8 Å². The number of aliphatic hydroxyl groups excluding tert-OH is 1. The molecule has 2 rings (SSSR count). The Balaban J connectivity index is 1.93. The van der Waals surface area contributed by atoms with Crippen LogP contribution in [0.1, 0.15) is 76.4 Å². The first kappa shape index (κ1) is 17.3. The first-order chi connectivity index (χ1) is 10.6. The molecule has 1 unspecified atom stereocenters. The molecule has 0 saturated heterocycles. The first-order valence-corrected chi connectivity index (χ1v) is 8.76. The molecule has 22 heavy (non-hydrogen) atoms. The summed E-state index contributed by atoms with van der Waals surface area (Å²) in [5.41, 5.74) is 0.197. The van der Waals surface area contributed by atoms with E-state index in [4.69, 9.17) is 4.74 Å². The highest BCUT2D eigenvalue weighted by molar-refractivity contribution is 5.30. The third kappa shape index (κ3) is 5.29. The summed E-state index contributed by atoms with van der Waals surface area (Å²) in [4.78, 5) is 0. The molecule has 1 fully saturated rings. The maximum absolute atomic E-state index is 10.7. The van der Waals surface area contributed by atoms with Crippen molar-refractivity contribution in [2.45, 2.75) is 76.4 Å². The van der Waals surface area contributed by atoms with Crippen molar-refractivity contribution < 1.29 is 14.9 Å². The minimum Gasteiger partial charge on any atom is -0.491 e. The number of ether oxygens (including phenoxy) is 1. The first-order valence-electron chi connectivity index (χ1n) is 8.76. The van der Waals surface area contributed by atoms with E-state index in [1.165, 1.54) is 19.3 Å². The van der Waals surface area contributed by atoms with E-state index in [-0.39, 0.29) is 0 Å². The van der Waals surface area contributed by atoms with Gasteiger partial charge >= 0.3 is 0 Å². The minimum atomic E-state index is -0.696. The van der Waals surface area contributed by atoms with E-state index in [0.29, 0.717) is 6.61 Å². The van der Waals surface area contributed by atoms with Crippen molar-refractivity contribution in [3.8, 4) is 5.75 Å². The number of aliphatic hydroxyl groups is 2. The average Bonchev–Trinajstić information content (AvgIpc) is 2.50. The largest absolute Gasteiger partial charge is 0.491 e. The molecular formula is C19H30O3. The van der Waals surface area contributed by atoms with Crippen molar-refractivity contribution >= 4 is 0 Å². The molecule has 0 bridgehead atoms. The van der Waals surface area contributed by atoms with E-state index < -0.39 is 11.7 Å². The predicted octanol–water partition coefficient (Wildman–Crippen LogP) is 4.37. The lowest BCUT2D eigenvalue weighted by Crippen LogP contribution is -2.36. The molecule has 0 spiro atoms. The summed E-state index contributed by atoms with van der Waals surface area (Å²) in [6, 6.07) is 7.63. The van der Waals surface area contributed by atoms with E-state index in [1.54, 1.807) is 0 Å². The molecular weight excluding hydrogens is 276 g/mol. The Morgan fingerprint density at radius 1 is 1.14 bits per heavy atom. The highest BCUT2D eigenvalue weighted by Gasteiger charge is 2.28. The van der Waals surface area contributed by atoms with Crippen LogP contribution in [-0.4, -0.2) is 22.4 Å². The average molecular weight is 306 g/mol. The second-order valence-electron chi connectivity index (χ2n) is 6.66. The summed E-state index contributed by atoms with van der Waals surface area (Å²) in [6.45, 7) is 2.41. The summed E-state index contributed by atoms with van der Waals surface area (Å²) in [6.07, 6.45) is 8.79. The molecule has 1 aromatic carbocycles. The zero-order chi connectivity index (χ0) is 15.8. The summed E-state index contributed by atoms with van der Waals surface area (Å²) in [5, 5.41) is 20.8. The summed E-state index contributed by atoms with van der Waals surface area (Å²) in [5.74, 6) is 0.739. The fourth-order valence-electron chi connectivity index (χ4n) is 3.18. The molecule has 2 N–H and O–H groups in total. The van der Waals surface area contributed by atoms with Gasteiger partial charge in [0.1, 0.15) is 12.4 Å². The van der Waals surface area contributed by atoms with Gasteiger partial charge in [0.2, 0.25) is 0 Å². The topological polar surface area (TPSA) is 49.7 Å². The monoisotopic (exact) mass is 306 g/mol. The van der Waals surface area contributed by atoms with Crippen LogP contribution < -0.4 is 4.74 Å². The molecule has 0 aromatic heterocycles. The van der Waals surface area contributed by atoms with Crippen molar-refractivity contribution in [1.82, 2.24) is 0 Å².